The Bertz CT molecular complexity index is 1030. The van der Waals surface area contributed by atoms with Crippen LogP contribution in [0.4, 0.5) is 19.0 Å². The van der Waals surface area contributed by atoms with Gasteiger partial charge >= 0.3 is 6.18 Å². The molecule has 0 aliphatic heterocycles. The van der Waals surface area contributed by atoms with Gasteiger partial charge in [0.25, 0.3) is 0 Å². The molecular weight excluding hydrogens is 377 g/mol. The quantitative estimate of drug-likeness (QED) is 0.681. The van der Waals surface area contributed by atoms with E-state index in [1.165, 1.54) is 12.1 Å². The van der Waals surface area contributed by atoms with Crippen LogP contribution in [-0.4, -0.2) is 9.78 Å². The molecule has 0 saturated carbocycles. The third-order valence-electron chi connectivity index (χ3n) is 4.23. The zero-order valence-electron chi connectivity index (χ0n) is 14.2. The molecule has 3 rings (SSSR count). The highest BCUT2D eigenvalue weighted by molar-refractivity contribution is 6.32. The number of benzene rings is 2. The Morgan fingerprint density at radius 1 is 1.19 bits per heavy atom. The van der Waals surface area contributed by atoms with E-state index in [1.54, 1.807) is 22.9 Å². The highest BCUT2D eigenvalue weighted by atomic mass is 35.5. The van der Waals surface area contributed by atoms with Crippen LogP contribution >= 0.6 is 11.6 Å². The highest BCUT2D eigenvalue weighted by Crippen LogP contribution is 2.33. The van der Waals surface area contributed by atoms with Crippen molar-refractivity contribution in [1.82, 2.24) is 9.78 Å². The number of rotatable bonds is 3. The van der Waals surface area contributed by atoms with Crippen LogP contribution in [-0.2, 0) is 12.7 Å². The Morgan fingerprint density at radius 2 is 1.85 bits per heavy atom. The molecule has 1 aromatic heterocycles. The van der Waals surface area contributed by atoms with Gasteiger partial charge in [0, 0.05) is 11.3 Å². The summed E-state index contributed by atoms with van der Waals surface area (Å²) < 4.78 is 39.7. The number of hydrogen-bond donors (Lipinski definition) is 1. The molecule has 138 valence electrons. The maximum Gasteiger partial charge on any atom is 0.416 e. The van der Waals surface area contributed by atoms with Crippen molar-refractivity contribution in [3.8, 4) is 17.2 Å². The number of hydrogen-bond acceptors (Lipinski definition) is 3. The summed E-state index contributed by atoms with van der Waals surface area (Å²) in [4.78, 5) is 0. The molecule has 8 heteroatoms. The number of nitrogen functional groups attached to an aromatic ring is 1. The fraction of sp³-hybridized carbons (Fsp3) is 0.158. The van der Waals surface area contributed by atoms with Crippen molar-refractivity contribution in [2.45, 2.75) is 19.6 Å². The molecule has 2 N–H and O–H groups in total. The second-order valence-electron chi connectivity index (χ2n) is 6.00. The van der Waals surface area contributed by atoms with Crippen LogP contribution in [0.15, 0.2) is 42.5 Å². The number of anilines is 1. The zero-order valence-corrected chi connectivity index (χ0v) is 14.9. The summed E-state index contributed by atoms with van der Waals surface area (Å²) in [6.45, 7) is 2.09. The van der Waals surface area contributed by atoms with Crippen LogP contribution < -0.4 is 5.73 Å². The molecule has 2 aromatic carbocycles. The maximum absolute atomic E-state index is 12.7. The highest BCUT2D eigenvalue weighted by Gasteiger charge is 2.30. The minimum atomic E-state index is -4.37. The van der Waals surface area contributed by atoms with E-state index in [0.717, 1.165) is 17.8 Å². The summed E-state index contributed by atoms with van der Waals surface area (Å²) in [7, 11) is 0. The van der Waals surface area contributed by atoms with Gasteiger partial charge in [-0.25, -0.2) is 0 Å². The van der Waals surface area contributed by atoms with Gasteiger partial charge in [-0.2, -0.15) is 23.5 Å². The second-order valence-corrected chi connectivity index (χ2v) is 6.41. The molecule has 0 amide bonds. The van der Waals surface area contributed by atoms with Crippen molar-refractivity contribution in [2.24, 2.45) is 0 Å². The first-order valence-electron chi connectivity index (χ1n) is 7.89. The molecule has 0 aliphatic carbocycles. The molecule has 0 atom stereocenters. The Labute approximate surface area is 158 Å². The Balaban J connectivity index is 1.92. The van der Waals surface area contributed by atoms with E-state index < -0.39 is 11.7 Å². The summed E-state index contributed by atoms with van der Waals surface area (Å²) in [5, 5.41) is 13.6. The Hall–Kier alpha value is -2.98. The molecule has 27 heavy (non-hydrogen) atoms. The summed E-state index contributed by atoms with van der Waals surface area (Å²) in [6.07, 6.45) is -4.37. The number of halogens is 4. The van der Waals surface area contributed by atoms with Gasteiger partial charge in [0.05, 0.1) is 22.7 Å². The summed E-state index contributed by atoms with van der Waals surface area (Å²) in [6, 6.07) is 11.9. The van der Waals surface area contributed by atoms with Gasteiger partial charge in [-0.05, 0) is 42.3 Å². The summed E-state index contributed by atoms with van der Waals surface area (Å²) in [5.74, 6) is 0.278. The number of nitrogens with zero attached hydrogens (tertiary/aromatic N) is 3. The van der Waals surface area contributed by atoms with Crippen molar-refractivity contribution in [1.29, 1.82) is 5.26 Å². The van der Waals surface area contributed by atoms with Crippen LogP contribution in [0.5, 0.6) is 0 Å². The average molecular weight is 391 g/mol. The predicted octanol–water partition coefficient (Wildman–Crippen LogP) is 5.03. The maximum atomic E-state index is 12.7. The van der Waals surface area contributed by atoms with Crippen LogP contribution in [0, 0.1) is 18.3 Å². The Morgan fingerprint density at radius 3 is 2.41 bits per heavy atom. The molecule has 0 bridgehead atoms. The number of nitriles is 1. The molecule has 3 aromatic rings. The third-order valence-corrected chi connectivity index (χ3v) is 4.54. The van der Waals surface area contributed by atoms with Gasteiger partial charge < -0.3 is 5.73 Å². The van der Waals surface area contributed by atoms with Crippen molar-refractivity contribution < 1.29 is 13.2 Å². The largest absolute Gasteiger partial charge is 0.416 e. The molecule has 0 saturated heterocycles. The topological polar surface area (TPSA) is 67.6 Å². The second kappa shape index (κ2) is 6.97. The van der Waals surface area contributed by atoms with E-state index in [9.17, 15) is 13.2 Å². The van der Waals surface area contributed by atoms with Gasteiger partial charge in [0.1, 0.15) is 6.07 Å². The SMILES string of the molecule is Cc1c(-c2ccc(C#N)c(Cl)c2)c(N)nn1Cc1ccc(C(F)(F)F)cc1. The van der Waals surface area contributed by atoms with Crippen LogP contribution in [0.3, 0.4) is 0 Å². The number of nitrogens with two attached hydrogens (primary N) is 1. The predicted molar refractivity (Wildman–Crippen MR) is 97.1 cm³/mol. The summed E-state index contributed by atoms with van der Waals surface area (Å²) >= 11 is 6.09. The first-order valence-corrected chi connectivity index (χ1v) is 8.27. The third kappa shape index (κ3) is 3.76. The van der Waals surface area contributed by atoms with Gasteiger partial charge in [-0.3, -0.25) is 4.68 Å². The zero-order chi connectivity index (χ0) is 19.8. The van der Waals surface area contributed by atoms with Gasteiger partial charge in [0.2, 0.25) is 0 Å². The van der Waals surface area contributed by atoms with E-state index in [1.807, 2.05) is 13.0 Å². The Kier molecular flexibility index (Phi) is 4.85. The molecule has 1 heterocycles. The molecule has 0 radical (unpaired) electrons. The van der Waals surface area contributed by atoms with Crippen LogP contribution in [0.1, 0.15) is 22.4 Å². The monoisotopic (exact) mass is 390 g/mol. The van der Waals surface area contributed by atoms with Gasteiger partial charge in [-0.1, -0.05) is 29.8 Å². The molecule has 0 spiro atoms. The normalized spacial score (nSPS) is 11.4. The summed E-state index contributed by atoms with van der Waals surface area (Å²) in [5.41, 5.74) is 8.50. The van der Waals surface area contributed by atoms with Crippen LogP contribution in [0.2, 0.25) is 5.02 Å². The van der Waals surface area contributed by atoms with E-state index in [4.69, 9.17) is 22.6 Å². The smallest absolute Gasteiger partial charge is 0.382 e. The first-order chi connectivity index (χ1) is 12.7. The molecule has 0 aliphatic rings. The van der Waals surface area contributed by atoms with Crippen molar-refractivity contribution in [2.75, 3.05) is 5.73 Å². The first kappa shape index (κ1) is 18.8. The van der Waals surface area contributed by atoms with E-state index in [2.05, 4.69) is 5.10 Å². The van der Waals surface area contributed by atoms with Crippen molar-refractivity contribution >= 4 is 17.4 Å². The molecular formula is C19H14ClF3N4. The minimum absolute atomic E-state index is 0.276. The van der Waals surface area contributed by atoms with E-state index in [0.29, 0.717) is 27.3 Å². The lowest BCUT2D eigenvalue weighted by atomic mass is 10.0. The van der Waals surface area contributed by atoms with Crippen LogP contribution in [0.25, 0.3) is 11.1 Å². The van der Waals surface area contributed by atoms with E-state index in [-0.39, 0.29) is 12.4 Å². The fourth-order valence-electron chi connectivity index (χ4n) is 2.81. The van der Waals surface area contributed by atoms with Crippen molar-refractivity contribution in [3.05, 3.63) is 69.9 Å². The lowest BCUT2D eigenvalue weighted by Gasteiger charge is -2.09. The molecule has 0 fully saturated rings. The number of alkyl halides is 3. The fourth-order valence-corrected chi connectivity index (χ4v) is 3.04. The van der Waals surface area contributed by atoms with E-state index >= 15 is 0 Å². The van der Waals surface area contributed by atoms with Gasteiger partial charge in [0.15, 0.2) is 5.82 Å². The average Bonchev–Trinajstić information content (AvgIpc) is 2.88. The lowest BCUT2D eigenvalue weighted by molar-refractivity contribution is -0.137. The van der Waals surface area contributed by atoms with Gasteiger partial charge in [-0.15, -0.1) is 0 Å². The molecule has 4 nitrogen and oxygen atoms in total. The minimum Gasteiger partial charge on any atom is -0.382 e. The number of aromatic nitrogens is 2. The standard InChI is InChI=1S/C19H14ClF3N4/c1-11-17(13-4-5-14(9-24)16(20)8-13)18(25)26-27(11)10-12-2-6-15(7-3-12)19(21,22)23/h2-8H,10H2,1H3,(H2,25,26). The molecule has 0 unspecified atom stereocenters. The lowest BCUT2D eigenvalue weighted by Crippen LogP contribution is -2.07. The van der Waals surface area contributed by atoms with Crippen molar-refractivity contribution in [3.63, 3.8) is 0 Å².